The van der Waals surface area contributed by atoms with Crippen LogP contribution in [0.2, 0.25) is 0 Å². The molecule has 134 valence electrons. The Morgan fingerprint density at radius 3 is 2.35 bits per heavy atom. The highest BCUT2D eigenvalue weighted by Gasteiger charge is 2.14. The number of methoxy groups -OCH3 is 2. The number of aromatic nitrogens is 1. The number of fused-ring (bicyclic) bond motifs is 1. The van der Waals surface area contributed by atoms with Gasteiger partial charge in [0.05, 0.1) is 20.8 Å². The molecular weight excluding hydrogens is 336 g/mol. The van der Waals surface area contributed by atoms with E-state index in [9.17, 15) is 14.7 Å². The minimum absolute atomic E-state index is 0.0783. The van der Waals surface area contributed by atoms with Gasteiger partial charge in [-0.2, -0.15) is 0 Å². The maximum Gasteiger partial charge on any atom is 0.268 e. The monoisotopic (exact) mass is 354 g/mol. The molecule has 0 radical (unpaired) electrons. The van der Waals surface area contributed by atoms with E-state index < -0.39 is 5.91 Å². The van der Waals surface area contributed by atoms with E-state index in [1.165, 1.54) is 31.4 Å². The van der Waals surface area contributed by atoms with Crippen molar-refractivity contribution in [1.82, 2.24) is 10.3 Å². The number of carbonyl (C=O) groups excluding carboxylic acids is 2. The first kappa shape index (κ1) is 17.3. The van der Waals surface area contributed by atoms with Crippen LogP contribution in [0.3, 0.4) is 0 Å². The van der Waals surface area contributed by atoms with E-state index in [-0.39, 0.29) is 18.1 Å². The molecule has 0 aliphatic heterocycles. The van der Waals surface area contributed by atoms with E-state index in [0.717, 1.165) is 10.9 Å². The number of aromatic hydroxyl groups is 1. The first-order chi connectivity index (χ1) is 12.5. The first-order valence-electron chi connectivity index (χ1n) is 7.87. The van der Waals surface area contributed by atoms with Crippen molar-refractivity contribution < 1.29 is 24.2 Å². The third kappa shape index (κ3) is 3.46. The molecule has 0 fully saturated rings. The molecular formula is C19H18N2O5. The van der Waals surface area contributed by atoms with Gasteiger partial charge >= 0.3 is 0 Å². The standard InChI is InChI=1S/C19H18N2O5/c1-25-17-8-12-7-15(21-14(12)9-18(17)26-2)19(24)20-10-16(23)11-3-5-13(22)6-4-11/h3-9,21-22H,10H2,1-2H3,(H,20,24). The van der Waals surface area contributed by atoms with Gasteiger partial charge in [0, 0.05) is 22.5 Å². The number of ether oxygens (including phenoxy) is 2. The molecule has 0 spiro atoms. The van der Waals surface area contributed by atoms with Gasteiger partial charge in [0.2, 0.25) is 0 Å². The highest BCUT2D eigenvalue weighted by Crippen LogP contribution is 2.32. The zero-order valence-electron chi connectivity index (χ0n) is 14.3. The summed E-state index contributed by atoms with van der Waals surface area (Å²) in [5.74, 6) is 0.545. The van der Waals surface area contributed by atoms with Gasteiger partial charge in [-0.05, 0) is 36.4 Å². The fraction of sp³-hybridized carbons (Fsp3) is 0.158. The average molecular weight is 354 g/mol. The van der Waals surface area contributed by atoms with Crippen LogP contribution in [0.25, 0.3) is 10.9 Å². The molecule has 2 aromatic carbocycles. The Hall–Kier alpha value is -3.48. The minimum atomic E-state index is -0.397. The maximum atomic E-state index is 12.3. The molecule has 3 aromatic rings. The number of H-pyrrole nitrogens is 1. The van der Waals surface area contributed by atoms with Gasteiger partial charge in [-0.3, -0.25) is 9.59 Å². The maximum absolute atomic E-state index is 12.3. The number of benzene rings is 2. The second-order valence-corrected chi connectivity index (χ2v) is 5.63. The van der Waals surface area contributed by atoms with E-state index in [0.29, 0.717) is 22.8 Å². The van der Waals surface area contributed by atoms with Crippen molar-refractivity contribution in [1.29, 1.82) is 0 Å². The smallest absolute Gasteiger partial charge is 0.268 e. The normalized spacial score (nSPS) is 10.5. The molecule has 26 heavy (non-hydrogen) atoms. The summed E-state index contributed by atoms with van der Waals surface area (Å²) >= 11 is 0. The van der Waals surface area contributed by atoms with Crippen molar-refractivity contribution >= 4 is 22.6 Å². The Bertz CT molecular complexity index is 919. The number of aromatic amines is 1. The molecule has 1 aromatic heterocycles. The van der Waals surface area contributed by atoms with E-state index in [4.69, 9.17) is 9.47 Å². The van der Waals surface area contributed by atoms with Crippen LogP contribution in [-0.2, 0) is 0 Å². The Morgan fingerprint density at radius 2 is 1.69 bits per heavy atom. The van der Waals surface area contributed by atoms with Gasteiger partial charge in [-0.1, -0.05) is 0 Å². The predicted octanol–water partition coefficient (Wildman–Crippen LogP) is 2.50. The molecule has 0 aliphatic rings. The van der Waals surface area contributed by atoms with Gasteiger partial charge in [-0.25, -0.2) is 0 Å². The average Bonchev–Trinajstić information content (AvgIpc) is 3.08. The van der Waals surface area contributed by atoms with E-state index in [2.05, 4.69) is 10.3 Å². The molecule has 3 N–H and O–H groups in total. The molecule has 0 aliphatic carbocycles. The molecule has 0 unspecified atom stereocenters. The number of hydrogen-bond acceptors (Lipinski definition) is 5. The lowest BCUT2D eigenvalue weighted by Crippen LogP contribution is -2.29. The molecule has 0 saturated heterocycles. The van der Waals surface area contributed by atoms with Crippen molar-refractivity contribution in [3.63, 3.8) is 0 Å². The van der Waals surface area contributed by atoms with Gasteiger partial charge in [0.15, 0.2) is 17.3 Å². The largest absolute Gasteiger partial charge is 0.508 e. The second-order valence-electron chi connectivity index (χ2n) is 5.63. The summed E-state index contributed by atoms with van der Waals surface area (Å²) in [7, 11) is 3.08. The number of hydrogen-bond donors (Lipinski definition) is 3. The predicted molar refractivity (Wildman–Crippen MR) is 96.2 cm³/mol. The fourth-order valence-electron chi connectivity index (χ4n) is 2.59. The molecule has 0 saturated carbocycles. The van der Waals surface area contributed by atoms with Gasteiger partial charge < -0.3 is 24.9 Å². The zero-order valence-corrected chi connectivity index (χ0v) is 14.3. The number of Topliss-reactive ketones (excluding diaryl/α,β-unsaturated/α-hetero) is 1. The van der Waals surface area contributed by atoms with Crippen molar-refractivity contribution in [2.24, 2.45) is 0 Å². The summed E-state index contributed by atoms with van der Waals surface area (Å²) in [6.45, 7) is -0.147. The van der Waals surface area contributed by atoms with E-state index in [1.807, 2.05) is 0 Å². The highest BCUT2D eigenvalue weighted by molar-refractivity contribution is 6.03. The Morgan fingerprint density at radius 1 is 1.04 bits per heavy atom. The summed E-state index contributed by atoms with van der Waals surface area (Å²) < 4.78 is 10.5. The third-order valence-electron chi connectivity index (χ3n) is 3.97. The number of ketones is 1. The van der Waals surface area contributed by atoms with Crippen LogP contribution >= 0.6 is 0 Å². The van der Waals surface area contributed by atoms with Crippen LogP contribution in [0.1, 0.15) is 20.8 Å². The summed E-state index contributed by atoms with van der Waals surface area (Å²) in [6.07, 6.45) is 0. The van der Waals surface area contributed by atoms with E-state index >= 15 is 0 Å². The number of phenolic OH excluding ortho intramolecular Hbond substituents is 1. The van der Waals surface area contributed by atoms with Crippen LogP contribution in [0, 0.1) is 0 Å². The molecule has 1 heterocycles. The third-order valence-corrected chi connectivity index (χ3v) is 3.97. The van der Waals surface area contributed by atoms with Crippen LogP contribution in [-0.4, -0.2) is 42.5 Å². The molecule has 0 atom stereocenters. The van der Waals surface area contributed by atoms with Crippen molar-refractivity contribution in [2.75, 3.05) is 20.8 Å². The molecule has 1 amide bonds. The van der Waals surface area contributed by atoms with Crippen LogP contribution in [0.4, 0.5) is 0 Å². The Balaban J connectivity index is 1.73. The highest BCUT2D eigenvalue weighted by atomic mass is 16.5. The van der Waals surface area contributed by atoms with Crippen molar-refractivity contribution in [3.8, 4) is 17.2 Å². The number of carbonyl (C=O) groups is 2. The Labute approximate surface area is 149 Å². The van der Waals surface area contributed by atoms with Crippen molar-refractivity contribution in [3.05, 3.63) is 53.7 Å². The van der Waals surface area contributed by atoms with Crippen LogP contribution in [0.15, 0.2) is 42.5 Å². The molecule has 7 heteroatoms. The number of rotatable bonds is 6. The summed E-state index contributed by atoms with van der Waals surface area (Å²) in [5, 5.41) is 12.6. The quantitative estimate of drug-likeness (QED) is 0.591. The van der Waals surface area contributed by atoms with E-state index in [1.54, 1.807) is 25.3 Å². The van der Waals surface area contributed by atoms with Gasteiger partial charge in [-0.15, -0.1) is 0 Å². The lowest BCUT2D eigenvalue weighted by atomic mass is 10.1. The second kappa shape index (κ2) is 7.18. The number of phenols is 1. The van der Waals surface area contributed by atoms with Gasteiger partial charge in [0.1, 0.15) is 11.4 Å². The van der Waals surface area contributed by atoms with Crippen LogP contribution < -0.4 is 14.8 Å². The zero-order chi connectivity index (χ0) is 18.7. The number of amides is 1. The Kier molecular flexibility index (Phi) is 4.79. The SMILES string of the molecule is COc1cc2cc(C(=O)NCC(=O)c3ccc(O)cc3)[nH]c2cc1OC. The summed E-state index contributed by atoms with van der Waals surface area (Å²) in [5.41, 5.74) is 1.46. The molecule has 7 nitrogen and oxygen atoms in total. The van der Waals surface area contributed by atoms with Crippen LogP contribution in [0.5, 0.6) is 17.2 Å². The topological polar surface area (TPSA) is 101 Å². The fourth-order valence-corrected chi connectivity index (χ4v) is 2.59. The lowest BCUT2D eigenvalue weighted by Gasteiger charge is -2.06. The summed E-state index contributed by atoms with van der Waals surface area (Å²) in [6, 6.07) is 11.0. The first-order valence-corrected chi connectivity index (χ1v) is 7.87. The van der Waals surface area contributed by atoms with Crippen molar-refractivity contribution in [2.45, 2.75) is 0 Å². The minimum Gasteiger partial charge on any atom is -0.508 e. The lowest BCUT2D eigenvalue weighted by molar-refractivity contribution is 0.0901. The van der Waals surface area contributed by atoms with Gasteiger partial charge in [0.25, 0.3) is 5.91 Å². The molecule has 0 bridgehead atoms. The summed E-state index contributed by atoms with van der Waals surface area (Å²) in [4.78, 5) is 27.4. The molecule has 3 rings (SSSR count). The number of nitrogens with one attached hydrogen (secondary N) is 2.